The fourth-order valence-corrected chi connectivity index (χ4v) is 5.38. The van der Waals surface area contributed by atoms with Gasteiger partial charge in [0.2, 0.25) is 5.91 Å². The summed E-state index contributed by atoms with van der Waals surface area (Å²) in [4.78, 5) is 41.2. The number of alkyl halides is 3. The van der Waals surface area contributed by atoms with E-state index in [1.807, 2.05) is 0 Å². The van der Waals surface area contributed by atoms with Crippen molar-refractivity contribution in [1.29, 1.82) is 0 Å². The number of rotatable bonds is 5. The molecule has 0 spiro atoms. The van der Waals surface area contributed by atoms with Gasteiger partial charge in [0, 0.05) is 17.9 Å². The lowest BCUT2D eigenvalue weighted by Gasteiger charge is -2.41. The Morgan fingerprint density at radius 1 is 0.886 bits per heavy atom. The normalized spacial score (nSPS) is 17.2. The number of carbonyl (C=O) groups excluding carboxylic acids is 3. The number of halogens is 4. The summed E-state index contributed by atoms with van der Waals surface area (Å²) in [7, 11) is 0. The van der Waals surface area contributed by atoms with Crippen LogP contribution in [0, 0.1) is 25.6 Å². The number of hydrogen-bond donors (Lipinski definition) is 2. The van der Waals surface area contributed by atoms with E-state index in [0.717, 1.165) is 6.07 Å². The first-order valence-corrected chi connectivity index (χ1v) is 14.2. The zero-order valence-corrected chi connectivity index (χ0v) is 25.1. The monoisotopic (exact) mass is 613 g/mol. The molecule has 7 nitrogen and oxygen atoms in total. The molecule has 44 heavy (non-hydrogen) atoms. The van der Waals surface area contributed by atoms with Crippen molar-refractivity contribution in [2.24, 2.45) is 5.92 Å². The number of hydrogen-bond acceptors (Lipinski definition) is 4. The van der Waals surface area contributed by atoms with Gasteiger partial charge in [-0.2, -0.15) is 13.2 Å². The quantitative estimate of drug-likeness (QED) is 0.285. The maximum atomic E-state index is 14.9. The Bertz CT molecular complexity index is 1530. The summed E-state index contributed by atoms with van der Waals surface area (Å²) in [5.41, 5.74) is -0.345. The minimum Gasteiger partial charge on any atom is -0.444 e. The molecule has 1 aliphatic heterocycles. The smallest absolute Gasteiger partial charge is 0.416 e. The first-order chi connectivity index (χ1) is 20.5. The van der Waals surface area contributed by atoms with Crippen molar-refractivity contribution in [1.82, 2.24) is 4.90 Å². The van der Waals surface area contributed by atoms with Crippen LogP contribution in [0.25, 0.3) is 0 Å². The van der Waals surface area contributed by atoms with Crippen molar-refractivity contribution in [2.45, 2.75) is 65.3 Å². The second-order valence-electron chi connectivity index (χ2n) is 11.9. The van der Waals surface area contributed by atoms with Gasteiger partial charge in [-0.1, -0.05) is 30.3 Å². The molecule has 0 saturated carbocycles. The molecule has 1 heterocycles. The predicted molar refractivity (Wildman–Crippen MR) is 159 cm³/mol. The maximum Gasteiger partial charge on any atom is 0.416 e. The Morgan fingerprint density at radius 2 is 1.55 bits per heavy atom. The summed E-state index contributed by atoms with van der Waals surface area (Å²) in [5, 5.41) is 5.24. The first-order valence-electron chi connectivity index (χ1n) is 14.2. The van der Waals surface area contributed by atoms with Gasteiger partial charge in [-0.15, -0.1) is 0 Å². The average molecular weight is 614 g/mol. The molecule has 0 aliphatic carbocycles. The molecule has 3 amide bonds. The third-order valence-corrected chi connectivity index (χ3v) is 7.37. The van der Waals surface area contributed by atoms with Gasteiger partial charge in [-0.05, 0) is 94.5 Å². The van der Waals surface area contributed by atoms with E-state index in [-0.39, 0.29) is 23.4 Å². The third-order valence-electron chi connectivity index (χ3n) is 7.37. The Morgan fingerprint density at radius 3 is 2.16 bits per heavy atom. The number of carbonyl (C=O) groups is 3. The zero-order chi connectivity index (χ0) is 32.4. The van der Waals surface area contributed by atoms with Crippen molar-refractivity contribution in [3.63, 3.8) is 0 Å². The van der Waals surface area contributed by atoms with E-state index in [4.69, 9.17) is 4.74 Å². The minimum atomic E-state index is -4.60. The number of nitrogens with zero attached hydrogens (tertiary/aromatic N) is 1. The van der Waals surface area contributed by atoms with E-state index in [9.17, 15) is 31.9 Å². The number of nitrogens with one attached hydrogen (secondary N) is 2. The summed E-state index contributed by atoms with van der Waals surface area (Å²) < 4.78 is 60.8. The fourth-order valence-electron chi connectivity index (χ4n) is 5.38. The highest BCUT2D eigenvalue weighted by Gasteiger charge is 2.41. The van der Waals surface area contributed by atoms with Crippen LogP contribution < -0.4 is 10.6 Å². The van der Waals surface area contributed by atoms with Crippen molar-refractivity contribution in [2.75, 3.05) is 17.2 Å². The molecule has 0 aromatic heterocycles. The third kappa shape index (κ3) is 7.56. The van der Waals surface area contributed by atoms with Gasteiger partial charge in [-0.3, -0.25) is 14.9 Å². The van der Waals surface area contributed by atoms with Gasteiger partial charge in [0.1, 0.15) is 11.4 Å². The second-order valence-corrected chi connectivity index (χ2v) is 11.9. The van der Waals surface area contributed by atoms with Gasteiger partial charge < -0.3 is 15.0 Å². The van der Waals surface area contributed by atoms with Gasteiger partial charge in [0.15, 0.2) is 0 Å². The van der Waals surface area contributed by atoms with Crippen molar-refractivity contribution < 1.29 is 36.7 Å². The highest BCUT2D eigenvalue weighted by atomic mass is 19.4. The van der Waals surface area contributed by atoms with E-state index < -0.39 is 53.0 Å². The van der Waals surface area contributed by atoms with E-state index in [2.05, 4.69) is 10.6 Å². The lowest BCUT2D eigenvalue weighted by molar-refractivity contribution is -0.138. The number of amides is 3. The molecule has 2 N–H and O–H groups in total. The maximum absolute atomic E-state index is 14.9. The Kier molecular flexibility index (Phi) is 9.36. The second kappa shape index (κ2) is 12.7. The molecule has 1 aliphatic rings. The summed E-state index contributed by atoms with van der Waals surface area (Å²) in [6, 6.07) is 13.5. The topological polar surface area (TPSA) is 87.7 Å². The molecule has 2 atom stereocenters. The van der Waals surface area contributed by atoms with E-state index in [1.165, 1.54) is 36.1 Å². The molecule has 0 bridgehead atoms. The molecule has 4 rings (SSSR count). The molecule has 11 heteroatoms. The minimum absolute atomic E-state index is 0.0168. The fraction of sp³-hybridized carbons (Fsp3) is 0.364. The average Bonchev–Trinajstić information content (AvgIpc) is 2.92. The largest absolute Gasteiger partial charge is 0.444 e. The highest BCUT2D eigenvalue weighted by Crippen LogP contribution is 2.39. The van der Waals surface area contributed by atoms with Crippen LogP contribution in [0.3, 0.4) is 0 Å². The molecule has 1 fully saturated rings. The van der Waals surface area contributed by atoms with Crippen LogP contribution in [-0.4, -0.2) is 35.0 Å². The van der Waals surface area contributed by atoms with Gasteiger partial charge >= 0.3 is 12.3 Å². The SMILES string of the molecule is Cc1ccc(NC(=O)[C@H]2CCCN(C(=O)c3c(C)cccc3F)C2c2ccc(NC(=O)OC(C)(C)C)cc2)cc1C(F)(F)F. The Hall–Kier alpha value is -4.41. The molecule has 3 aromatic rings. The Labute approximate surface area is 253 Å². The summed E-state index contributed by atoms with van der Waals surface area (Å²) >= 11 is 0. The van der Waals surface area contributed by atoms with Crippen LogP contribution in [0.4, 0.5) is 33.7 Å². The number of anilines is 2. The van der Waals surface area contributed by atoms with E-state index in [0.29, 0.717) is 29.7 Å². The van der Waals surface area contributed by atoms with Crippen LogP contribution in [0.5, 0.6) is 0 Å². The van der Waals surface area contributed by atoms with E-state index >= 15 is 0 Å². The number of ether oxygens (including phenoxy) is 1. The number of aryl methyl sites for hydroxylation is 2. The van der Waals surface area contributed by atoms with E-state index in [1.54, 1.807) is 58.0 Å². The predicted octanol–water partition coefficient (Wildman–Crippen LogP) is 8.04. The number of likely N-dealkylation sites (tertiary alicyclic amines) is 1. The zero-order valence-electron chi connectivity index (χ0n) is 25.1. The lowest BCUT2D eigenvalue weighted by atomic mass is 9.83. The molecule has 0 radical (unpaired) electrons. The molecule has 3 aromatic carbocycles. The van der Waals surface area contributed by atoms with Crippen LogP contribution >= 0.6 is 0 Å². The summed E-state index contributed by atoms with van der Waals surface area (Å²) in [5.74, 6) is -2.75. The standard InChI is InChI=1S/C33H35F4N3O4/c1-19-11-14-23(18-25(19)33(35,36)37)38-29(41)24-9-7-17-40(30(42)27-20(2)8-6-10-26(27)34)28(24)21-12-15-22(16-13-21)39-31(43)44-32(3,4)5/h6,8,10-16,18,24,28H,7,9,17H2,1-5H3,(H,38,41)(H,39,43)/t24-,28?/m0/s1. The van der Waals surface area contributed by atoms with Crippen LogP contribution in [0.2, 0.25) is 0 Å². The van der Waals surface area contributed by atoms with Gasteiger partial charge in [0.25, 0.3) is 5.91 Å². The molecular weight excluding hydrogens is 578 g/mol. The van der Waals surface area contributed by atoms with Crippen molar-refractivity contribution >= 4 is 29.3 Å². The lowest BCUT2D eigenvalue weighted by Crippen LogP contribution is -2.46. The molecular formula is C33H35F4N3O4. The summed E-state index contributed by atoms with van der Waals surface area (Å²) in [6.07, 6.45) is -4.53. The van der Waals surface area contributed by atoms with Crippen LogP contribution in [-0.2, 0) is 15.7 Å². The Balaban J connectivity index is 1.69. The molecule has 1 unspecified atom stereocenters. The molecule has 1 saturated heterocycles. The number of piperidine rings is 1. The first kappa shape index (κ1) is 32.5. The molecule has 234 valence electrons. The number of benzene rings is 3. The summed E-state index contributed by atoms with van der Waals surface area (Å²) in [6.45, 7) is 8.36. The highest BCUT2D eigenvalue weighted by molar-refractivity contribution is 5.98. The van der Waals surface area contributed by atoms with Crippen LogP contribution in [0.1, 0.15) is 72.3 Å². The van der Waals surface area contributed by atoms with Crippen molar-refractivity contribution in [3.8, 4) is 0 Å². The van der Waals surface area contributed by atoms with Gasteiger partial charge in [-0.25, -0.2) is 9.18 Å². The van der Waals surface area contributed by atoms with Crippen molar-refractivity contribution in [3.05, 3.63) is 94.3 Å². The van der Waals surface area contributed by atoms with Crippen LogP contribution in [0.15, 0.2) is 60.7 Å². The van der Waals surface area contributed by atoms with Gasteiger partial charge in [0.05, 0.1) is 23.1 Å².